The molecule has 108 valence electrons. The van der Waals surface area contributed by atoms with Crippen LogP contribution in [0.2, 0.25) is 0 Å². The molecule has 7 nitrogen and oxygen atoms in total. The van der Waals surface area contributed by atoms with Gasteiger partial charge in [0.25, 0.3) is 5.91 Å². The maximum absolute atomic E-state index is 11.9. The van der Waals surface area contributed by atoms with Crippen molar-refractivity contribution in [2.24, 2.45) is 5.10 Å². The molecule has 0 fully saturated rings. The molecule has 0 saturated carbocycles. The van der Waals surface area contributed by atoms with E-state index in [1.807, 2.05) is 0 Å². The molecule has 1 heterocycles. The first kappa shape index (κ1) is 14.7. The largest absolute Gasteiger partial charge is 0.478 e. The van der Waals surface area contributed by atoms with E-state index in [0.29, 0.717) is 21.3 Å². The van der Waals surface area contributed by atoms with Gasteiger partial charge >= 0.3 is 5.97 Å². The van der Waals surface area contributed by atoms with Crippen molar-refractivity contribution in [1.29, 1.82) is 0 Å². The zero-order chi connectivity index (χ0) is 15.4. The topological polar surface area (TPSA) is 118 Å². The molecule has 0 atom stereocenters. The van der Waals surface area contributed by atoms with Gasteiger partial charge < -0.3 is 10.8 Å². The number of hydrogen-bond acceptors (Lipinski definition) is 6. The van der Waals surface area contributed by atoms with E-state index < -0.39 is 11.9 Å². The van der Waals surface area contributed by atoms with Gasteiger partial charge in [0.15, 0.2) is 5.13 Å². The number of rotatable bonds is 4. The molecule has 0 bridgehead atoms. The minimum atomic E-state index is -1.06. The Bertz CT molecular complexity index is 724. The first-order valence-corrected chi connectivity index (χ1v) is 6.69. The summed E-state index contributed by atoms with van der Waals surface area (Å²) in [6.07, 6.45) is 1.28. The Morgan fingerprint density at radius 2 is 2.14 bits per heavy atom. The van der Waals surface area contributed by atoms with Crippen LogP contribution in [0.4, 0.5) is 5.13 Å². The van der Waals surface area contributed by atoms with E-state index in [2.05, 4.69) is 15.5 Å². The maximum Gasteiger partial charge on any atom is 0.336 e. The lowest BCUT2D eigenvalue weighted by Gasteiger charge is -2.00. The molecule has 1 aromatic heterocycles. The predicted molar refractivity (Wildman–Crippen MR) is 79.7 cm³/mol. The van der Waals surface area contributed by atoms with Crippen LogP contribution in [0.1, 0.15) is 31.3 Å². The minimum absolute atomic E-state index is 0.105. The van der Waals surface area contributed by atoms with Gasteiger partial charge in [0, 0.05) is 5.56 Å². The third-order valence-electron chi connectivity index (χ3n) is 2.58. The van der Waals surface area contributed by atoms with Crippen LogP contribution in [0.5, 0.6) is 0 Å². The molecule has 0 radical (unpaired) electrons. The Balaban J connectivity index is 2.11. The Hall–Kier alpha value is -2.74. The van der Waals surface area contributed by atoms with Gasteiger partial charge in [-0.1, -0.05) is 29.5 Å². The number of anilines is 1. The summed E-state index contributed by atoms with van der Waals surface area (Å²) in [5.41, 5.74) is 8.86. The normalized spacial score (nSPS) is 10.7. The van der Waals surface area contributed by atoms with Gasteiger partial charge in [0.05, 0.1) is 17.5 Å². The molecule has 0 aliphatic carbocycles. The minimum Gasteiger partial charge on any atom is -0.478 e. The number of aromatic carboxylic acids is 1. The number of aryl methyl sites for hydroxylation is 1. The number of carbonyl (C=O) groups is 2. The standard InChI is InChI=1S/C13H12N4O3S/c1-7-10(21-13(14)16-7)11(18)17-15-6-8-4-2-3-5-9(8)12(19)20/h2-6H,1H3,(H2,14,16)(H,17,18)(H,19,20)/b15-6-. The van der Waals surface area contributed by atoms with Crippen molar-refractivity contribution in [3.05, 3.63) is 46.0 Å². The van der Waals surface area contributed by atoms with Gasteiger partial charge in [-0.25, -0.2) is 15.2 Å². The van der Waals surface area contributed by atoms with Gasteiger partial charge in [-0.05, 0) is 13.0 Å². The Labute approximate surface area is 124 Å². The molecule has 4 N–H and O–H groups in total. The van der Waals surface area contributed by atoms with Gasteiger partial charge in [-0.3, -0.25) is 4.79 Å². The molecule has 1 amide bonds. The number of nitrogens with zero attached hydrogens (tertiary/aromatic N) is 2. The van der Waals surface area contributed by atoms with Crippen LogP contribution < -0.4 is 11.2 Å². The third-order valence-corrected chi connectivity index (χ3v) is 3.57. The third kappa shape index (κ3) is 3.42. The molecule has 2 rings (SSSR count). The summed E-state index contributed by atoms with van der Waals surface area (Å²) in [6, 6.07) is 6.35. The van der Waals surface area contributed by atoms with Crippen LogP contribution >= 0.6 is 11.3 Å². The monoisotopic (exact) mass is 304 g/mol. The van der Waals surface area contributed by atoms with Crippen molar-refractivity contribution in [1.82, 2.24) is 10.4 Å². The first-order valence-electron chi connectivity index (χ1n) is 5.87. The van der Waals surface area contributed by atoms with E-state index in [1.165, 1.54) is 12.3 Å². The summed E-state index contributed by atoms with van der Waals surface area (Å²) in [5, 5.41) is 13.1. The first-order chi connectivity index (χ1) is 9.99. The van der Waals surface area contributed by atoms with E-state index in [4.69, 9.17) is 10.8 Å². The lowest BCUT2D eigenvalue weighted by atomic mass is 10.1. The summed E-state index contributed by atoms with van der Waals surface area (Å²) in [5.74, 6) is -1.50. The molecule has 0 aliphatic heterocycles. The maximum atomic E-state index is 11.9. The number of benzene rings is 1. The molecule has 0 saturated heterocycles. The van der Waals surface area contributed by atoms with Crippen molar-refractivity contribution in [2.75, 3.05) is 5.73 Å². The lowest BCUT2D eigenvalue weighted by molar-refractivity contribution is 0.0696. The van der Waals surface area contributed by atoms with Gasteiger partial charge in [0.1, 0.15) is 4.88 Å². The van der Waals surface area contributed by atoms with E-state index in [-0.39, 0.29) is 5.56 Å². The number of carboxylic acids is 1. The number of aromatic nitrogens is 1. The van der Waals surface area contributed by atoms with Crippen LogP contribution in [-0.2, 0) is 0 Å². The van der Waals surface area contributed by atoms with Crippen molar-refractivity contribution in [2.45, 2.75) is 6.92 Å². The molecule has 21 heavy (non-hydrogen) atoms. The Morgan fingerprint density at radius 3 is 2.76 bits per heavy atom. The number of hydrogen-bond donors (Lipinski definition) is 3. The average Bonchev–Trinajstić information content (AvgIpc) is 2.78. The highest BCUT2D eigenvalue weighted by Crippen LogP contribution is 2.19. The highest BCUT2D eigenvalue weighted by Gasteiger charge is 2.13. The molecule has 1 aromatic carbocycles. The number of nitrogens with two attached hydrogens (primary N) is 1. The van der Waals surface area contributed by atoms with Crippen LogP contribution in [0.3, 0.4) is 0 Å². The van der Waals surface area contributed by atoms with Gasteiger partial charge in [0.2, 0.25) is 0 Å². The second-order valence-electron chi connectivity index (χ2n) is 4.06. The van der Waals surface area contributed by atoms with Gasteiger partial charge in [-0.2, -0.15) is 5.10 Å². The molecular weight excluding hydrogens is 292 g/mol. The highest BCUT2D eigenvalue weighted by atomic mass is 32.1. The van der Waals surface area contributed by atoms with Crippen LogP contribution in [0.15, 0.2) is 29.4 Å². The lowest BCUT2D eigenvalue weighted by Crippen LogP contribution is -2.17. The second kappa shape index (κ2) is 6.14. The molecule has 2 aromatic rings. The van der Waals surface area contributed by atoms with E-state index in [9.17, 15) is 9.59 Å². The SMILES string of the molecule is Cc1nc(N)sc1C(=O)N/N=C\c1ccccc1C(=O)O. The molecule has 0 aliphatic rings. The van der Waals surface area contributed by atoms with E-state index >= 15 is 0 Å². The zero-order valence-corrected chi connectivity index (χ0v) is 11.8. The molecular formula is C13H12N4O3S. The van der Waals surface area contributed by atoms with Crippen LogP contribution in [-0.4, -0.2) is 28.2 Å². The highest BCUT2D eigenvalue weighted by molar-refractivity contribution is 7.17. The van der Waals surface area contributed by atoms with Crippen molar-refractivity contribution in [3.8, 4) is 0 Å². The van der Waals surface area contributed by atoms with Crippen molar-refractivity contribution in [3.63, 3.8) is 0 Å². The number of nitrogens with one attached hydrogen (secondary N) is 1. The summed E-state index contributed by atoms with van der Waals surface area (Å²) in [4.78, 5) is 27.2. The number of carboxylic acid groups (broad SMARTS) is 1. The van der Waals surface area contributed by atoms with E-state index in [1.54, 1.807) is 25.1 Å². The summed E-state index contributed by atoms with van der Waals surface area (Å²) in [6.45, 7) is 1.67. The number of hydrazone groups is 1. The Kier molecular flexibility index (Phi) is 4.29. The van der Waals surface area contributed by atoms with Crippen LogP contribution in [0, 0.1) is 6.92 Å². The zero-order valence-electron chi connectivity index (χ0n) is 11.0. The van der Waals surface area contributed by atoms with Gasteiger partial charge in [-0.15, -0.1) is 0 Å². The number of carbonyl (C=O) groups excluding carboxylic acids is 1. The fourth-order valence-electron chi connectivity index (χ4n) is 1.64. The average molecular weight is 304 g/mol. The molecule has 8 heteroatoms. The van der Waals surface area contributed by atoms with Crippen molar-refractivity contribution < 1.29 is 14.7 Å². The fraction of sp³-hybridized carbons (Fsp3) is 0.0769. The molecule has 0 spiro atoms. The Morgan fingerprint density at radius 1 is 1.43 bits per heavy atom. The summed E-state index contributed by atoms with van der Waals surface area (Å²) < 4.78 is 0. The number of amides is 1. The fourth-order valence-corrected chi connectivity index (χ4v) is 2.37. The van der Waals surface area contributed by atoms with Crippen molar-refractivity contribution >= 4 is 34.6 Å². The quantitative estimate of drug-likeness (QED) is 0.584. The molecule has 0 unspecified atom stereocenters. The van der Waals surface area contributed by atoms with Crippen LogP contribution in [0.25, 0.3) is 0 Å². The number of nitrogen functional groups attached to an aromatic ring is 1. The predicted octanol–water partition coefficient (Wildman–Crippen LogP) is 1.50. The second-order valence-corrected chi connectivity index (χ2v) is 5.09. The summed E-state index contributed by atoms with van der Waals surface area (Å²) in [7, 11) is 0. The van der Waals surface area contributed by atoms with E-state index in [0.717, 1.165) is 11.3 Å². The smallest absolute Gasteiger partial charge is 0.336 e. The summed E-state index contributed by atoms with van der Waals surface area (Å²) >= 11 is 1.06. The number of thiazole rings is 1.